The molecule has 0 heterocycles. The lowest BCUT2D eigenvalue weighted by Crippen LogP contribution is -2.31. The summed E-state index contributed by atoms with van der Waals surface area (Å²) in [5, 5.41) is 2.47. The fourth-order valence-corrected chi connectivity index (χ4v) is 3.17. The van der Waals surface area contributed by atoms with E-state index in [1.807, 2.05) is 32.9 Å². The fraction of sp³-hybridized carbons (Fsp3) is 0.250. The molecule has 1 N–H and O–H groups in total. The zero-order chi connectivity index (χ0) is 19.3. The second-order valence-corrected chi connectivity index (χ2v) is 6.97. The summed E-state index contributed by atoms with van der Waals surface area (Å²) in [4.78, 5) is 36.1. The molecule has 2 aromatic rings. The number of hydrogen-bond donors (Lipinski definition) is 1. The van der Waals surface area contributed by atoms with Crippen LogP contribution in [0, 0.1) is 20.8 Å². The van der Waals surface area contributed by atoms with Crippen LogP contribution in [0.2, 0.25) is 0 Å². The van der Waals surface area contributed by atoms with E-state index in [1.165, 1.54) is 0 Å². The van der Waals surface area contributed by atoms with E-state index in [9.17, 15) is 14.4 Å². The minimum atomic E-state index is -0.663. The number of carbonyl (C=O) groups is 3. The van der Waals surface area contributed by atoms with Crippen molar-refractivity contribution in [1.82, 2.24) is 5.32 Å². The summed E-state index contributed by atoms with van der Waals surface area (Å²) < 4.78 is 5.76. The second-order valence-electron chi connectivity index (χ2n) is 6.05. The Morgan fingerprint density at radius 2 is 1.69 bits per heavy atom. The van der Waals surface area contributed by atoms with Gasteiger partial charge in [-0.3, -0.25) is 14.4 Å². The van der Waals surface area contributed by atoms with Gasteiger partial charge in [-0.15, -0.1) is 0 Å². The van der Waals surface area contributed by atoms with Gasteiger partial charge in [-0.25, -0.2) is 0 Å². The number of rotatable bonds is 6. The standard InChI is InChI=1S/C20H20BrNO4/c1-12-7-13(2)19(14(3)8-12)17(23)11-26-18(24)10-22-20(25)15-5-4-6-16(21)9-15/h4-9H,10-11H2,1-3H3,(H,22,25). The van der Waals surface area contributed by atoms with Crippen molar-refractivity contribution in [3.63, 3.8) is 0 Å². The lowest BCUT2D eigenvalue weighted by atomic mass is 9.97. The van der Waals surface area contributed by atoms with Crippen molar-refractivity contribution in [1.29, 1.82) is 0 Å². The van der Waals surface area contributed by atoms with Crippen LogP contribution in [-0.4, -0.2) is 30.8 Å². The summed E-state index contributed by atoms with van der Waals surface area (Å²) in [5.74, 6) is -1.31. The van der Waals surface area contributed by atoms with Crippen molar-refractivity contribution in [3.05, 3.63) is 68.7 Å². The molecule has 136 valence electrons. The molecule has 0 spiro atoms. The Balaban J connectivity index is 1.87. The number of amides is 1. The van der Waals surface area contributed by atoms with Gasteiger partial charge in [0.15, 0.2) is 6.61 Å². The third kappa shape index (κ3) is 5.26. The van der Waals surface area contributed by atoms with E-state index in [4.69, 9.17) is 4.74 Å². The Labute approximate surface area is 160 Å². The molecule has 0 saturated heterocycles. The van der Waals surface area contributed by atoms with Gasteiger partial charge in [0.1, 0.15) is 6.54 Å². The number of Topliss-reactive ketones (excluding diaryl/α,β-unsaturated/α-hetero) is 1. The number of carbonyl (C=O) groups excluding carboxylic acids is 3. The lowest BCUT2D eigenvalue weighted by Gasteiger charge is -2.11. The average molecular weight is 418 g/mol. The lowest BCUT2D eigenvalue weighted by molar-refractivity contribution is -0.141. The van der Waals surface area contributed by atoms with Crippen molar-refractivity contribution in [2.24, 2.45) is 0 Å². The van der Waals surface area contributed by atoms with Crippen LogP contribution < -0.4 is 5.32 Å². The molecule has 0 unspecified atom stereocenters. The number of ketones is 1. The quantitative estimate of drug-likeness (QED) is 0.576. The summed E-state index contributed by atoms with van der Waals surface area (Å²) in [7, 11) is 0. The summed E-state index contributed by atoms with van der Waals surface area (Å²) in [5.41, 5.74) is 3.78. The van der Waals surface area contributed by atoms with Gasteiger partial charge in [0.05, 0.1) is 0 Å². The smallest absolute Gasteiger partial charge is 0.325 e. The van der Waals surface area contributed by atoms with Crippen LogP contribution in [0.4, 0.5) is 0 Å². The molecular formula is C20H20BrNO4. The Morgan fingerprint density at radius 3 is 2.31 bits per heavy atom. The van der Waals surface area contributed by atoms with Crippen molar-refractivity contribution >= 4 is 33.6 Å². The first kappa shape index (κ1) is 19.8. The first-order valence-corrected chi connectivity index (χ1v) is 8.87. The van der Waals surface area contributed by atoms with Crippen LogP contribution in [0.1, 0.15) is 37.4 Å². The Morgan fingerprint density at radius 1 is 1.04 bits per heavy atom. The molecule has 0 aliphatic heterocycles. The molecular weight excluding hydrogens is 398 g/mol. The van der Waals surface area contributed by atoms with E-state index in [1.54, 1.807) is 24.3 Å². The number of esters is 1. The van der Waals surface area contributed by atoms with Gasteiger partial charge < -0.3 is 10.1 Å². The zero-order valence-corrected chi connectivity index (χ0v) is 16.5. The molecule has 2 aromatic carbocycles. The number of hydrogen-bond acceptors (Lipinski definition) is 4. The molecule has 0 bridgehead atoms. The summed E-state index contributed by atoms with van der Waals surface area (Å²) >= 11 is 3.28. The zero-order valence-electron chi connectivity index (χ0n) is 14.9. The van der Waals surface area contributed by atoms with Gasteiger partial charge in [-0.1, -0.05) is 39.7 Å². The molecule has 0 aromatic heterocycles. The van der Waals surface area contributed by atoms with Crippen LogP contribution >= 0.6 is 15.9 Å². The van der Waals surface area contributed by atoms with Crippen LogP contribution in [0.25, 0.3) is 0 Å². The first-order chi connectivity index (χ1) is 12.3. The van der Waals surface area contributed by atoms with Crippen LogP contribution in [0.3, 0.4) is 0 Å². The molecule has 0 aliphatic carbocycles. The Bertz CT molecular complexity index is 838. The van der Waals surface area contributed by atoms with Gasteiger partial charge in [0, 0.05) is 15.6 Å². The van der Waals surface area contributed by atoms with E-state index in [-0.39, 0.29) is 24.8 Å². The maximum absolute atomic E-state index is 12.3. The maximum atomic E-state index is 12.3. The molecule has 0 atom stereocenters. The molecule has 0 aliphatic rings. The van der Waals surface area contributed by atoms with Gasteiger partial charge >= 0.3 is 5.97 Å². The number of benzene rings is 2. The molecule has 0 saturated carbocycles. The predicted octanol–water partition coefficient (Wildman–Crippen LogP) is 3.53. The molecule has 0 radical (unpaired) electrons. The largest absolute Gasteiger partial charge is 0.456 e. The highest BCUT2D eigenvalue weighted by Crippen LogP contribution is 2.17. The second kappa shape index (κ2) is 8.76. The van der Waals surface area contributed by atoms with E-state index in [0.717, 1.165) is 21.2 Å². The van der Waals surface area contributed by atoms with Crippen molar-refractivity contribution in [3.8, 4) is 0 Å². The highest BCUT2D eigenvalue weighted by Gasteiger charge is 2.16. The minimum Gasteiger partial charge on any atom is -0.456 e. The monoisotopic (exact) mass is 417 g/mol. The highest BCUT2D eigenvalue weighted by atomic mass is 79.9. The average Bonchev–Trinajstić information content (AvgIpc) is 2.56. The van der Waals surface area contributed by atoms with E-state index < -0.39 is 5.97 Å². The third-order valence-electron chi connectivity index (χ3n) is 3.80. The van der Waals surface area contributed by atoms with E-state index in [2.05, 4.69) is 21.2 Å². The van der Waals surface area contributed by atoms with Gasteiger partial charge in [0.2, 0.25) is 5.78 Å². The van der Waals surface area contributed by atoms with Crippen molar-refractivity contribution in [2.45, 2.75) is 20.8 Å². The first-order valence-electron chi connectivity index (χ1n) is 8.08. The normalized spacial score (nSPS) is 10.3. The van der Waals surface area contributed by atoms with Gasteiger partial charge in [-0.05, 0) is 50.1 Å². The SMILES string of the molecule is Cc1cc(C)c(C(=O)COC(=O)CNC(=O)c2cccc(Br)c2)c(C)c1. The summed E-state index contributed by atoms with van der Waals surface area (Å²) in [6.45, 7) is 5.02. The van der Waals surface area contributed by atoms with Crippen LogP contribution in [0.15, 0.2) is 40.9 Å². The number of nitrogens with one attached hydrogen (secondary N) is 1. The molecule has 6 heteroatoms. The minimum absolute atomic E-state index is 0.258. The predicted molar refractivity (Wildman–Crippen MR) is 102 cm³/mol. The third-order valence-corrected chi connectivity index (χ3v) is 4.29. The maximum Gasteiger partial charge on any atom is 0.325 e. The van der Waals surface area contributed by atoms with Crippen LogP contribution in [0.5, 0.6) is 0 Å². The van der Waals surface area contributed by atoms with E-state index >= 15 is 0 Å². The summed E-state index contributed by atoms with van der Waals surface area (Å²) in [6.07, 6.45) is 0. The highest BCUT2D eigenvalue weighted by molar-refractivity contribution is 9.10. The number of ether oxygens (including phenoxy) is 1. The molecule has 2 rings (SSSR count). The van der Waals surface area contributed by atoms with Crippen molar-refractivity contribution < 1.29 is 19.1 Å². The van der Waals surface area contributed by atoms with Gasteiger partial charge in [0.25, 0.3) is 5.91 Å². The molecule has 1 amide bonds. The Hall–Kier alpha value is -2.47. The Kier molecular flexibility index (Phi) is 6.69. The van der Waals surface area contributed by atoms with E-state index in [0.29, 0.717) is 11.1 Å². The van der Waals surface area contributed by atoms with Crippen LogP contribution in [-0.2, 0) is 9.53 Å². The number of aryl methyl sites for hydroxylation is 3. The topological polar surface area (TPSA) is 72.5 Å². The molecule has 26 heavy (non-hydrogen) atoms. The molecule has 5 nitrogen and oxygen atoms in total. The fourth-order valence-electron chi connectivity index (χ4n) is 2.77. The van der Waals surface area contributed by atoms with Gasteiger partial charge in [-0.2, -0.15) is 0 Å². The molecule has 0 fully saturated rings. The number of halogens is 1. The summed E-state index contributed by atoms with van der Waals surface area (Å²) in [6, 6.07) is 10.6. The van der Waals surface area contributed by atoms with Crippen molar-refractivity contribution in [2.75, 3.05) is 13.2 Å².